The first-order chi connectivity index (χ1) is 13.3. The molecule has 142 valence electrons. The summed E-state index contributed by atoms with van der Waals surface area (Å²) in [6.45, 7) is 4.13. The monoisotopic (exact) mass is 390 g/mol. The van der Waals surface area contributed by atoms with E-state index in [2.05, 4.69) is 25.7 Å². The van der Waals surface area contributed by atoms with E-state index >= 15 is 0 Å². The molecular weight excluding hydrogens is 368 g/mol. The van der Waals surface area contributed by atoms with Crippen molar-refractivity contribution in [1.29, 1.82) is 0 Å². The highest BCUT2D eigenvalue weighted by molar-refractivity contribution is 7.91. The maximum absolute atomic E-state index is 12.8. The lowest BCUT2D eigenvalue weighted by atomic mass is 9.80. The average Bonchev–Trinajstić information content (AvgIpc) is 2.73. The van der Waals surface area contributed by atoms with Gasteiger partial charge in [-0.2, -0.15) is 0 Å². The molecule has 1 atom stereocenters. The molecule has 1 unspecified atom stereocenters. The Morgan fingerprint density at radius 3 is 1.93 bits per heavy atom. The molecule has 0 aliphatic carbocycles. The summed E-state index contributed by atoms with van der Waals surface area (Å²) in [7, 11) is -3.63. The molecule has 4 heteroatoms. The van der Waals surface area contributed by atoms with E-state index in [1.807, 2.05) is 42.5 Å². The zero-order valence-electron chi connectivity index (χ0n) is 15.9. The smallest absolute Gasteiger partial charge is 0.206 e. The average molecular weight is 391 g/mol. The molecule has 1 N–H and O–H groups in total. The first-order valence-corrected chi connectivity index (χ1v) is 10.6. The first kappa shape index (κ1) is 19.7. The fourth-order valence-corrected chi connectivity index (χ4v) is 4.12. The van der Waals surface area contributed by atoms with Crippen LogP contribution in [-0.4, -0.2) is 13.5 Å². The molecule has 0 fully saturated rings. The molecule has 0 aromatic heterocycles. The van der Waals surface area contributed by atoms with Crippen molar-refractivity contribution in [3.8, 4) is 17.6 Å². The van der Waals surface area contributed by atoms with Gasteiger partial charge in [-0.1, -0.05) is 49.1 Å². The second kappa shape index (κ2) is 7.92. The van der Waals surface area contributed by atoms with Gasteiger partial charge in [-0.15, -0.1) is 0 Å². The van der Waals surface area contributed by atoms with E-state index < -0.39 is 9.84 Å². The third kappa shape index (κ3) is 4.11. The fourth-order valence-electron chi connectivity index (χ4n) is 2.86. The summed E-state index contributed by atoms with van der Waals surface area (Å²) >= 11 is 0. The second-order valence-corrected chi connectivity index (χ2v) is 8.77. The summed E-state index contributed by atoms with van der Waals surface area (Å²) in [5.74, 6) is 6.60. The van der Waals surface area contributed by atoms with Gasteiger partial charge in [-0.25, -0.2) is 8.42 Å². The van der Waals surface area contributed by atoms with Crippen molar-refractivity contribution in [1.82, 2.24) is 0 Å². The Kier molecular flexibility index (Phi) is 5.58. The molecule has 0 saturated heterocycles. The van der Waals surface area contributed by atoms with Crippen LogP contribution in [0.4, 0.5) is 0 Å². The van der Waals surface area contributed by atoms with Gasteiger partial charge in [0.25, 0.3) is 0 Å². The Morgan fingerprint density at radius 1 is 0.857 bits per heavy atom. The number of phenols is 1. The van der Waals surface area contributed by atoms with Gasteiger partial charge in [-0.05, 0) is 67.4 Å². The Labute approximate surface area is 166 Å². The highest BCUT2D eigenvalue weighted by Crippen LogP contribution is 2.29. The molecule has 3 rings (SSSR count). The minimum atomic E-state index is -3.63. The predicted octanol–water partition coefficient (Wildman–Crippen LogP) is 4.94. The van der Waals surface area contributed by atoms with Crippen LogP contribution in [0.15, 0.2) is 88.7 Å². The Morgan fingerprint density at radius 2 is 1.39 bits per heavy atom. The predicted molar refractivity (Wildman–Crippen MR) is 111 cm³/mol. The van der Waals surface area contributed by atoms with Crippen LogP contribution in [0.2, 0.25) is 0 Å². The largest absolute Gasteiger partial charge is 0.508 e. The third-order valence-corrected chi connectivity index (χ3v) is 6.70. The van der Waals surface area contributed by atoms with Gasteiger partial charge < -0.3 is 5.11 Å². The zero-order chi connectivity index (χ0) is 20.2. The number of rotatable bonds is 4. The fraction of sp³-hybridized carbons (Fsp3) is 0.167. The standard InChI is InChI=1S/C24H22O3S/c1-3-24(2,18-17-19-7-5-4-6-8-19)20-9-13-22(14-10-20)28(26,27)23-15-11-21(25)12-16-23/h4-16,25H,3H2,1-2H3. The Balaban J connectivity index is 1.92. The Hall–Kier alpha value is -3.03. The van der Waals surface area contributed by atoms with E-state index in [9.17, 15) is 13.5 Å². The first-order valence-electron chi connectivity index (χ1n) is 9.08. The van der Waals surface area contributed by atoms with E-state index in [0.717, 1.165) is 17.5 Å². The molecule has 0 spiro atoms. The van der Waals surface area contributed by atoms with Gasteiger partial charge in [0.05, 0.1) is 15.2 Å². The number of hydrogen-bond acceptors (Lipinski definition) is 3. The molecule has 3 nitrogen and oxygen atoms in total. The molecule has 0 aliphatic heterocycles. The summed E-state index contributed by atoms with van der Waals surface area (Å²) < 4.78 is 25.6. The molecule has 28 heavy (non-hydrogen) atoms. The normalized spacial score (nSPS) is 13.2. The van der Waals surface area contributed by atoms with Crippen molar-refractivity contribution >= 4 is 9.84 Å². The lowest BCUT2D eigenvalue weighted by molar-refractivity contribution is 0.475. The number of hydrogen-bond donors (Lipinski definition) is 1. The number of phenolic OH excluding ortho intramolecular Hbond substituents is 1. The second-order valence-electron chi connectivity index (χ2n) is 6.82. The zero-order valence-corrected chi connectivity index (χ0v) is 16.7. The summed E-state index contributed by atoms with van der Waals surface area (Å²) in [6, 6.07) is 22.2. The van der Waals surface area contributed by atoms with Crippen LogP contribution in [0.25, 0.3) is 0 Å². The van der Waals surface area contributed by atoms with Crippen molar-refractivity contribution in [2.24, 2.45) is 0 Å². The van der Waals surface area contributed by atoms with Gasteiger partial charge in [0.15, 0.2) is 0 Å². The van der Waals surface area contributed by atoms with Crippen molar-refractivity contribution in [2.45, 2.75) is 35.5 Å². The Bertz CT molecular complexity index is 1100. The van der Waals surface area contributed by atoms with Crippen LogP contribution in [0.3, 0.4) is 0 Å². The molecule has 0 aliphatic rings. The minimum absolute atomic E-state index is 0.0324. The van der Waals surface area contributed by atoms with Gasteiger partial charge in [0.1, 0.15) is 5.75 Å². The molecule has 0 heterocycles. The van der Waals surface area contributed by atoms with Crippen molar-refractivity contribution in [3.63, 3.8) is 0 Å². The van der Waals surface area contributed by atoms with E-state index in [0.29, 0.717) is 0 Å². The van der Waals surface area contributed by atoms with Gasteiger partial charge >= 0.3 is 0 Å². The quantitative estimate of drug-likeness (QED) is 0.642. The van der Waals surface area contributed by atoms with Crippen LogP contribution < -0.4 is 0 Å². The van der Waals surface area contributed by atoms with Crippen molar-refractivity contribution < 1.29 is 13.5 Å². The topological polar surface area (TPSA) is 54.4 Å². The maximum atomic E-state index is 12.8. The summed E-state index contributed by atoms with van der Waals surface area (Å²) in [4.78, 5) is 0.372. The van der Waals surface area contributed by atoms with Crippen LogP contribution in [-0.2, 0) is 15.3 Å². The van der Waals surface area contributed by atoms with E-state index in [4.69, 9.17) is 0 Å². The van der Waals surface area contributed by atoms with E-state index in [-0.39, 0.29) is 21.0 Å². The van der Waals surface area contributed by atoms with Crippen molar-refractivity contribution in [2.75, 3.05) is 0 Å². The van der Waals surface area contributed by atoms with E-state index in [1.165, 1.54) is 24.3 Å². The molecule has 0 saturated carbocycles. The number of sulfone groups is 1. The highest BCUT2D eigenvalue weighted by Gasteiger charge is 2.24. The molecule has 0 bridgehead atoms. The molecule has 0 amide bonds. The van der Waals surface area contributed by atoms with Crippen LogP contribution in [0.1, 0.15) is 31.4 Å². The highest BCUT2D eigenvalue weighted by atomic mass is 32.2. The molecule has 0 radical (unpaired) electrons. The molecular formula is C24H22O3S. The van der Waals surface area contributed by atoms with Crippen molar-refractivity contribution in [3.05, 3.63) is 90.0 Å². The minimum Gasteiger partial charge on any atom is -0.508 e. The summed E-state index contributed by atoms with van der Waals surface area (Å²) in [6.07, 6.45) is 0.802. The number of benzene rings is 3. The third-order valence-electron chi connectivity index (χ3n) is 4.91. The van der Waals surface area contributed by atoms with E-state index in [1.54, 1.807) is 12.1 Å². The number of aromatic hydroxyl groups is 1. The molecule has 3 aromatic carbocycles. The SMILES string of the molecule is CCC(C)(C#Cc1ccccc1)c1ccc(S(=O)(=O)c2ccc(O)cc2)cc1. The van der Waals surface area contributed by atoms with Crippen LogP contribution in [0.5, 0.6) is 5.75 Å². The summed E-state index contributed by atoms with van der Waals surface area (Å²) in [5.41, 5.74) is 1.55. The van der Waals surface area contributed by atoms with Gasteiger partial charge in [0.2, 0.25) is 9.84 Å². The van der Waals surface area contributed by atoms with Gasteiger partial charge in [0, 0.05) is 5.56 Å². The lowest BCUT2D eigenvalue weighted by Gasteiger charge is -2.22. The van der Waals surface area contributed by atoms with Crippen LogP contribution >= 0.6 is 0 Å². The lowest BCUT2D eigenvalue weighted by Crippen LogP contribution is -2.18. The van der Waals surface area contributed by atoms with Gasteiger partial charge in [-0.3, -0.25) is 0 Å². The molecule has 3 aromatic rings. The summed E-state index contributed by atoms with van der Waals surface area (Å²) in [5, 5.41) is 9.37. The van der Waals surface area contributed by atoms with Crippen LogP contribution in [0, 0.1) is 11.8 Å². The maximum Gasteiger partial charge on any atom is 0.206 e.